The number of Topliss-reactive ketones (excluding diaryl/α,β-unsaturated/α-hetero) is 1. The van der Waals surface area contributed by atoms with Crippen LogP contribution in [0.1, 0.15) is 25.3 Å². The van der Waals surface area contributed by atoms with E-state index in [2.05, 4.69) is 19.1 Å². The summed E-state index contributed by atoms with van der Waals surface area (Å²) in [4.78, 5) is 14.9. The summed E-state index contributed by atoms with van der Waals surface area (Å²) >= 11 is 0. The summed E-state index contributed by atoms with van der Waals surface area (Å²) in [6.07, 6.45) is 3.71. The van der Waals surface area contributed by atoms with Gasteiger partial charge < -0.3 is 4.90 Å². The van der Waals surface area contributed by atoms with Crippen molar-refractivity contribution < 1.29 is 4.79 Å². The molecule has 2 aromatic rings. The highest BCUT2D eigenvalue weighted by atomic mass is 16.1. The van der Waals surface area contributed by atoms with E-state index in [-0.39, 0.29) is 11.2 Å². The van der Waals surface area contributed by atoms with Crippen LogP contribution in [0.2, 0.25) is 0 Å². The molecule has 1 aliphatic rings. The number of nitrogens with zero attached hydrogens (tertiary/aromatic N) is 1. The van der Waals surface area contributed by atoms with Crippen molar-refractivity contribution in [2.24, 2.45) is 0 Å². The largest absolute Gasteiger partial charge is 0.351 e. The van der Waals surface area contributed by atoms with Crippen LogP contribution in [-0.4, -0.2) is 12.8 Å². The number of rotatable bonds is 3. The Morgan fingerprint density at radius 2 is 1.59 bits per heavy atom. The Balaban J connectivity index is 1.86. The van der Waals surface area contributed by atoms with Crippen molar-refractivity contribution in [3.63, 3.8) is 0 Å². The molecule has 0 aromatic heterocycles. The van der Waals surface area contributed by atoms with E-state index < -0.39 is 0 Å². The third-order valence-corrected chi connectivity index (χ3v) is 4.61. The average Bonchev–Trinajstić information content (AvgIpc) is 2.86. The SMILES string of the molecule is CN(/C=C1\CCC(C)(c2ccccc2)C1=O)c1ccccc1. The minimum atomic E-state index is -0.384. The summed E-state index contributed by atoms with van der Waals surface area (Å²) in [5, 5.41) is 0. The van der Waals surface area contributed by atoms with Gasteiger partial charge in [0.2, 0.25) is 0 Å². The van der Waals surface area contributed by atoms with Gasteiger partial charge in [-0.1, -0.05) is 48.5 Å². The molecule has 3 rings (SSSR count). The number of hydrogen-bond acceptors (Lipinski definition) is 2. The number of benzene rings is 2. The molecule has 0 spiro atoms. The van der Waals surface area contributed by atoms with Gasteiger partial charge in [-0.3, -0.25) is 4.79 Å². The number of para-hydroxylation sites is 1. The molecule has 0 aliphatic heterocycles. The summed E-state index contributed by atoms with van der Waals surface area (Å²) in [5.41, 5.74) is 2.74. The summed E-state index contributed by atoms with van der Waals surface area (Å²) in [6.45, 7) is 2.06. The molecule has 1 unspecified atom stereocenters. The number of carbonyl (C=O) groups excluding carboxylic acids is 1. The van der Waals surface area contributed by atoms with E-state index in [0.29, 0.717) is 0 Å². The van der Waals surface area contributed by atoms with Crippen molar-refractivity contribution in [2.75, 3.05) is 11.9 Å². The maximum Gasteiger partial charge on any atom is 0.170 e. The maximum atomic E-state index is 12.9. The first-order valence-corrected chi connectivity index (χ1v) is 7.70. The summed E-state index contributed by atoms with van der Waals surface area (Å²) < 4.78 is 0. The van der Waals surface area contributed by atoms with E-state index in [1.165, 1.54) is 0 Å². The van der Waals surface area contributed by atoms with Crippen LogP contribution in [0.15, 0.2) is 72.4 Å². The lowest BCUT2D eigenvalue weighted by Crippen LogP contribution is -2.27. The minimum Gasteiger partial charge on any atom is -0.351 e. The summed E-state index contributed by atoms with van der Waals surface area (Å²) in [7, 11) is 1.99. The number of carbonyl (C=O) groups is 1. The smallest absolute Gasteiger partial charge is 0.170 e. The quantitative estimate of drug-likeness (QED) is 0.785. The normalized spacial score (nSPS) is 23.0. The first-order chi connectivity index (χ1) is 10.6. The Labute approximate surface area is 132 Å². The zero-order valence-corrected chi connectivity index (χ0v) is 13.1. The Bertz CT molecular complexity index is 690. The molecule has 0 radical (unpaired) electrons. The zero-order valence-electron chi connectivity index (χ0n) is 13.1. The second-order valence-corrected chi connectivity index (χ2v) is 6.13. The van der Waals surface area contributed by atoms with E-state index in [1.807, 2.05) is 66.7 Å². The molecule has 1 fully saturated rings. The highest BCUT2D eigenvalue weighted by molar-refractivity contribution is 6.05. The van der Waals surface area contributed by atoms with Crippen LogP contribution in [0, 0.1) is 0 Å². The molecule has 0 bridgehead atoms. The molecular formula is C20H21NO. The fourth-order valence-corrected chi connectivity index (χ4v) is 3.14. The van der Waals surface area contributed by atoms with Crippen LogP contribution < -0.4 is 4.90 Å². The molecule has 1 atom stereocenters. The molecule has 0 amide bonds. The molecular weight excluding hydrogens is 270 g/mol. The molecule has 0 N–H and O–H groups in total. The predicted octanol–water partition coefficient (Wildman–Crippen LogP) is 4.33. The van der Waals surface area contributed by atoms with Crippen molar-refractivity contribution in [1.29, 1.82) is 0 Å². The fraction of sp³-hybridized carbons (Fsp3) is 0.250. The van der Waals surface area contributed by atoms with Crippen molar-refractivity contribution in [2.45, 2.75) is 25.2 Å². The van der Waals surface area contributed by atoms with Crippen LogP contribution in [-0.2, 0) is 10.2 Å². The van der Waals surface area contributed by atoms with Gasteiger partial charge in [0.05, 0.1) is 5.41 Å². The van der Waals surface area contributed by atoms with Crippen LogP contribution >= 0.6 is 0 Å². The molecule has 1 aliphatic carbocycles. The Morgan fingerprint density at radius 1 is 1.00 bits per heavy atom. The molecule has 0 heterocycles. The van der Waals surface area contributed by atoms with Gasteiger partial charge in [-0.15, -0.1) is 0 Å². The fourth-order valence-electron chi connectivity index (χ4n) is 3.14. The second-order valence-electron chi connectivity index (χ2n) is 6.13. The maximum absolute atomic E-state index is 12.9. The predicted molar refractivity (Wildman–Crippen MR) is 91.0 cm³/mol. The lowest BCUT2D eigenvalue weighted by molar-refractivity contribution is -0.118. The first-order valence-electron chi connectivity index (χ1n) is 7.70. The standard InChI is InChI=1S/C20H21NO/c1-20(17-9-5-3-6-10-17)14-13-16(19(20)22)15-21(2)18-11-7-4-8-12-18/h3-12,15H,13-14H2,1-2H3/b16-15+. The van der Waals surface area contributed by atoms with Crippen LogP contribution in [0.5, 0.6) is 0 Å². The van der Waals surface area contributed by atoms with E-state index in [9.17, 15) is 4.79 Å². The van der Waals surface area contributed by atoms with E-state index in [1.54, 1.807) is 0 Å². The minimum absolute atomic E-state index is 0.251. The monoisotopic (exact) mass is 291 g/mol. The molecule has 22 heavy (non-hydrogen) atoms. The Hall–Kier alpha value is -2.35. The van der Waals surface area contributed by atoms with Crippen LogP contribution in [0.4, 0.5) is 5.69 Å². The topological polar surface area (TPSA) is 20.3 Å². The first kappa shape index (κ1) is 14.6. The van der Waals surface area contributed by atoms with Crippen LogP contribution in [0.25, 0.3) is 0 Å². The second kappa shape index (κ2) is 5.80. The van der Waals surface area contributed by atoms with Crippen molar-refractivity contribution in [3.05, 3.63) is 78.0 Å². The van der Waals surface area contributed by atoms with Gasteiger partial charge in [-0.05, 0) is 37.5 Å². The Kier molecular flexibility index (Phi) is 3.84. The van der Waals surface area contributed by atoms with E-state index in [4.69, 9.17) is 0 Å². The van der Waals surface area contributed by atoms with E-state index in [0.717, 1.165) is 29.7 Å². The van der Waals surface area contributed by atoms with Gasteiger partial charge in [-0.2, -0.15) is 0 Å². The number of anilines is 1. The number of ketones is 1. The highest BCUT2D eigenvalue weighted by Crippen LogP contribution is 2.40. The molecule has 2 nitrogen and oxygen atoms in total. The van der Waals surface area contributed by atoms with Gasteiger partial charge in [-0.25, -0.2) is 0 Å². The van der Waals surface area contributed by atoms with Crippen molar-refractivity contribution >= 4 is 11.5 Å². The van der Waals surface area contributed by atoms with Gasteiger partial charge >= 0.3 is 0 Å². The van der Waals surface area contributed by atoms with Gasteiger partial charge in [0.15, 0.2) is 5.78 Å². The van der Waals surface area contributed by atoms with Gasteiger partial charge in [0.25, 0.3) is 0 Å². The third kappa shape index (κ3) is 2.57. The third-order valence-electron chi connectivity index (χ3n) is 4.61. The molecule has 112 valence electrons. The van der Waals surface area contributed by atoms with Crippen molar-refractivity contribution in [1.82, 2.24) is 0 Å². The highest BCUT2D eigenvalue weighted by Gasteiger charge is 2.42. The lowest BCUT2D eigenvalue weighted by Gasteiger charge is -2.22. The Morgan fingerprint density at radius 3 is 2.23 bits per heavy atom. The van der Waals surface area contributed by atoms with Crippen molar-refractivity contribution in [3.8, 4) is 0 Å². The molecule has 0 saturated heterocycles. The molecule has 2 aromatic carbocycles. The van der Waals surface area contributed by atoms with Gasteiger partial charge in [0, 0.05) is 24.5 Å². The lowest BCUT2D eigenvalue weighted by atomic mass is 9.80. The summed E-state index contributed by atoms with van der Waals surface area (Å²) in [5.74, 6) is 0.251. The van der Waals surface area contributed by atoms with Gasteiger partial charge in [0.1, 0.15) is 0 Å². The summed E-state index contributed by atoms with van der Waals surface area (Å²) in [6, 6.07) is 20.2. The number of hydrogen-bond donors (Lipinski definition) is 0. The molecule has 2 heteroatoms. The number of allylic oxidation sites excluding steroid dienone is 1. The van der Waals surface area contributed by atoms with Crippen LogP contribution in [0.3, 0.4) is 0 Å². The average molecular weight is 291 g/mol. The molecule has 1 saturated carbocycles. The zero-order chi connectivity index (χ0) is 15.6. The van der Waals surface area contributed by atoms with E-state index >= 15 is 0 Å².